The van der Waals surface area contributed by atoms with Crippen molar-refractivity contribution in [2.75, 3.05) is 6.61 Å². The summed E-state index contributed by atoms with van der Waals surface area (Å²) >= 11 is 3.36. The van der Waals surface area contributed by atoms with E-state index in [0.29, 0.717) is 17.5 Å². The van der Waals surface area contributed by atoms with Gasteiger partial charge < -0.3 is 9.47 Å². The first-order valence-electron chi connectivity index (χ1n) is 9.76. The Morgan fingerprint density at radius 2 is 1.97 bits per heavy atom. The first-order chi connectivity index (χ1) is 14.1. The van der Waals surface area contributed by atoms with Crippen molar-refractivity contribution in [1.82, 2.24) is 14.9 Å². The van der Waals surface area contributed by atoms with E-state index in [0.717, 1.165) is 10.9 Å². The van der Waals surface area contributed by atoms with E-state index in [1.165, 1.54) is 11.1 Å². The largest absolute Gasteiger partial charge is 0.456 e. The molecule has 1 aromatic heterocycles. The predicted molar refractivity (Wildman–Crippen MR) is 111 cm³/mol. The molecule has 0 spiro atoms. The van der Waals surface area contributed by atoms with E-state index in [2.05, 4.69) is 25.9 Å². The number of hydrogen-bond donors (Lipinski definition) is 0. The fraction of sp³-hybridized carbons (Fsp3) is 0.476. The van der Waals surface area contributed by atoms with Crippen LogP contribution >= 0.6 is 15.9 Å². The molecule has 30 heavy (non-hydrogen) atoms. The fourth-order valence-electron chi connectivity index (χ4n) is 3.67. The Hall–Kier alpha value is -2.55. The number of Topliss-reactive ketones (excluding diaryl/α,β-unsaturated/α-hetero) is 1. The molecule has 1 aliphatic carbocycles. The molecule has 4 rings (SSSR count). The van der Waals surface area contributed by atoms with Gasteiger partial charge in [0, 0.05) is 10.5 Å². The number of fused-ring (bicyclic) bond motifs is 2. The van der Waals surface area contributed by atoms with Gasteiger partial charge in [-0.1, -0.05) is 15.9 Å². The van der Waals surface area contributed by atoms with Gasteiger partial charge in [-0.25, -0.2) is 14.6 Å². The monoisotopic (exact) mass is 475 g/mol. The van der Waals surface area contributed by atoms with Crippen LogP contribution in [0.1, 0.15) is 44.1 Å². The predicted octanol–water partition coefficient (Wildman–Crippen LogP) is 3.52. The lowest BCUT2D eigenvalue weighted by Crippen LogP contribution is -2.46. The lowest BCUT2D eigenvalue weighted by molar-refractivity contribution is -0.148. The number of ketones is 1. The molecule has 2 aromatic rings. The van der Waals surface area contributed by atoms with Crippen LogP contribution in [0.5, 0.6) is 0 Å². The van der Waals surface area contributed by atoms with Crippen LogP contribution in [0.2, 0.25) is 0 Å². The van der Waals surface area contributed by atoms with Crippen molar-refractivity contribution in [2.24, 2.45) is 5.92 Å². The Morgan fingerprint density at radius 1 is 1.20 bits per heavy atom. The highest BCUT2D eigenvalue weighted by Crippen LogP contribution is 2.48. The number of carbonyl (C=O) groups is 3. The van der Waals surface area contributed by atoms with Crippen molar-refractivity contribution < 1.29 is 23.9 Å². The molecule has 1 aromatic carbocycles. The number of aromatic nitrogens is 2. The molecule has 2 fully saturated rings. The second kappa shape index (κ2) is 7.61. The van der Waals surface area contributed by atoms with E-state index < -0.39 is 36.1 Å². The highest BCUT2D eigenvalue weighted by molar-refractivity contribution is 9.10. The molecule has 9 heteroatoms. The van der Waals surface area contributed by atoms with Gasteiger partial charge in [0.1, 0.15) is 17.3 Å². The van der Waals surface area contributed by atoms with Gasteiger partial charge in [0.25, 0.3) is 0 Å². The third-order valence-corrected chi connectivity index (χ3v) is 5.61. The molecule has 158 valence electrons. The van der Waals surface area contributed by atoms with Crippen LogP contribution in [0.25, 0.3) is 11.0 Å². The summed E-state index contributed by atoms with van der Waals surface area (Å²) in [5, 5.41) is 0. The van der Waals surface area contributed by atoms with Crippen molar-refractivity contribution in [1.29, 1.82) is 0 Å². The second-order valence-corrected chi connectivity index (χ2v) is 9.54. The quantitative estimate of drug-likeness (QED) is 0.492. The van der Waals surface area contributed by atoms with Crippen LogP contribution in [-0.2, 0) is 14.3 Å². The van der Waals surface area contributed by atoms with Crippen LogP contribution in [0.4, 0.5) is 4.79 Å². The van der Waals surface area contributed by atoms with E-state index in [1.807, 2.05) is 6.07 Å². The van der Waals surface area contributed by atoms with E-state index in [1.54, 1.807) is 32.9 Å². The summed E-state index contributed by atoms with van der Waals surface area (Å²) in [4.78, 5) is 47.6. The van der Waals surface area contributed by atoms with Crippen molar-refractivity contribution >= 4 is 44.8 Å². The zero-order valence-electron chi connectivity index (χ0n) is 16.9. The third-order valence-electron chi connectivity index (χ3n) is 5.12. The number of halogens is 1. The molecule has 8 nitrogen and oxygen atoms in total. The van der Waals surface area contributed by atoms with Crippen LogP contribution < -0.4 is 0 Å². The Kier molecular flexibility index (Phi) is 5.25. The molecule has 2 heterocycles. The molecule has 0 N–H and O–H groups in total. The van der Waals surface area contributed by atoms with Gasteiger partial charge in [-0.15, -0.1) is 0 Å². The van der Waals surface area contributed by atoms with Gasteiger partial charge in [-0.05, 0) is 57.7 Å². The first-order valence-corrected chi connectivity index (χ1v) is 10.5. The number of benzene rings is 1. The number of ether oxygens (including phenoxy) is 2. The van der Waals surface area contributed by atoms with Crippen molar-refractivity contribution in [3.8, 4) is 0 Å². The summed E-state index contributed by atoms with van der Waals surface area (Å²) in [7, 11) is 0. The number of amides is 1. The number of hydrogen-bond acceptors (Lipinski definition) is 7. The summed E-state index contributed by atoms with van der Waals surface area (Å²) in [5.74, 6) is -0.761. The highest BCUT2D eigenvalue weighted by Gasteiger charge is 2.57. The zero-order valence-corrected chi connectivity index (χ0v) is 18.5. The smallest absolute Gasteiger partial charge is 0.411 e. The Labute approximate surface area is 182 Å². The molecule has 3 atom stereocenters. The van der Waals surface area contributed by atoms with E-state index >= 15 is 0 Å². The van der Waals surface area contributed by atoms with E-state index in [-0.39, 0.29) is 17.7 Å². The summed E-state index contributed by atoms with van der Waals surface area (Å²) in [6.45, 7) is 4.88. The van der Waals surface area contributed by atoms with Crippen molar-refractivity contribution in [3.63, 3.8) is 0 Å². The van der Waals surface area contributed by atoms with Gasteiger partial charge in [-0.2, -0.15) is 0 Å². The van der Waals surface area contributed by atoms with Crippen LogP contribution in [0.15, 0.2) is 28.9 Å². The van der Waals surface area contributed by atoms with Gasteiger partial charge in [0.05, 0.1) is 17.2 Å². The average Bonchev–Trinajstić information content (AvgIpc) is 3.33. The van der Waals surface area contributed by atoms with Gasteiger partial charge in [0.2, 0.25) is 5.78 Å². The normalized spacial score (nSPS) is 22.5. The SMILES string of the molecule is CC(C)(C)OC(=O)N1[C@H](C(=O)OCC(=O)c2cnc3cc(Br)ccc3n2)C[C@@H]2C[C@@H]21. The van der Waals surface area contributed by atoms with Gasteiger partial charge >= 0.3 is 12.1 Å². The molecule has 2 aliphatic rings. The van der Waals surface area contributed by atoms with Gasteiger partial charge in [-0.3, -0.25) is 14.7 Å². The minimum absolute atomic E-state index is 0.0128. The van der Waals surface area contributed by atoms with E-state index in [4.69, 9.17) is 9.47 Å². The lowest BCUT2D eigenvalue weighted by Gasteiger charge is -2.29. The number of rotatable bonds is 4. The van der Waals surface area contributed by atoms with Crippen LogP contribution in [0.3, 0.4) is 0 Å². The molecule has 1 aliphatic heterocycles. The molecule has 0 radical (unpaired) electrons. The summed E-state index contributed by atoms with van der Waals surface area (Å²) < 4.78 is 11.5. The Bertz CT molecular complexity index is 1030. The Morgan fingerprint density at radius 3 is 2.70 bits per heavy atom. The summed E-state index contributed by atoms with van der Waals surface area (Å²) in [5.41, 5.74) is 0.688. The second-order valence-electron chi connectivity index (χ2n) is 8.62. The number of esters is 1. The fourth-order valence-corrected chi connectivity index (χ4v) is 4.02. The standard InChI is InChI=1S/C21H22BrN3O5/c1-21(2,3)30-20(28)25-16-6-11(16)7-17(25)19(27)29-10-18(26)15-9-23-14-8-12(22)4-5-13(14)24-15/h4-5,8-9,11,16-17H,6-7,10H2,1-3H3/t11-,16-,17-/m0/s1. The number of piperidine rings is 1. The Balaban J connectivity index is 1.39. The molecule has 1 saturated heterocycles. The lowest BCUT2D eigenvalue weighted by atomic mass is 10.1. The maximum absolute atomic E-state index is 12.6. The molecule has 0 bridgehead atoms. The van der Waals surface area contributed by atoms with Crippen molar-refractivity contribution in [2.45, 2.75) is 51.3 Å². The van der Waals surface area contributed by atoms with Gasteiger partial charge in [0.15, 0.2) is 6.61 Å². The van der Waals surface area contributed by atoms with Crippen LogP contribution in [0, 0.1) is 5.92 Å². The average molecular weight is 476 g/mol. The number of carbonyl (C=O) groups excluding carboxylic acids is 3. The molecule has 1 amide bonds. The van der Waals surface area contributed by atoms with E-state index in [9.17, 15) is 14.4 Å². The number of likely N-dealkylation sites (tertiary alicyclic amines) is 1. The topological polar surface area (TPSA) is 98.7 Å². The van der Waals surface area contributed by atoms with Crippen LogP contribution in [-0.4, -0.2) is 57.0 Å². The maximum atomic E-state index is 12.6. The number of nitrogens with zero attached hydrogens (tertiary/aromatic N) is 3. The molecular formula is C21H22BrN3O5. The minimum atomic E-state index is -0.726. The van der Waals surface area contributed by atoms with Crippen molar-refractivity contribution in [3.05, 3.63) is 34.6 Å². The molecule has 0 unspecified atom stereocenters. The maximum Gasteiger partial charge on any atom is 0.411 e. The zero-order chi connectivity index (χ0) is 21.6. The summed E-state index contributed by atoms with van der Waals surface area (Å²) in [6.07, 6.45) is 2.24. The highest BCUT2D eigenvalue weighted by atomic mass is 79.9. The summed E-state index contributed by atoms with van der Waals surface area (Å²) in [6, 6.07) is 4.64. The molecular weight excluding hydrogens is 454 g/mol. The first kappa shape index (κ1) is 20.7. The molecule has 1 saturated carbocycles. The minimum Gasteiger partial charge on any atom is -0.456 e. The third kappa shape index (κ3) is 4.30.